The van der Waals surface area contributed by atoms with Gasteiger partial charge in [-0.1, -0.05) is 35.5 Å². The van der Waals surface area contributed by atoms with E-state index in [0.29, 0.717) is 30.0 Å². The molecule has 3 heterocycles. The van der Waals surface area contributed by atoms with E-state index in [1.165, 1.54) is 0 Å². The predicted molar refractivity (Wildman–Crippen MR) is 86.0 cm³/mol. The summed E-state index contributed by atoms with van der Waals surface area (Å²) in [6, 6.07) is 9.89. The van der Waals surface area contributed by atoms with Crippen LogP contribution in [0.5, 0.6) is 0 Å². The van der Waals surface area contributed by atoms with Gasteiger partial charge >= 0.3 is 0 Å². The summed E-state index contributed by atoms with van der Waals surface area (Å²) >= 11 is 0. The monoisotopic (exact) mass is 325 g/mol. The average molecular weight is 325 g/mol. The average Bonchev–Trinajstić information content (AvgIpc) is 3.25. The summed E-state index contributed by atoms with van der Waals surface area (Å²) in [6.07, 6.45) is 2.14. The van der Waals surface area contributed by atoms with E-state index < -0.39 is 0 Å². The molecule has 0 unspecified atom stereocenters. The van der Waals surface area contributed by atoms with Gasteiger partial charge in [-0.3, -0.25) is 4.90 Å². The van der Waals surface area contributed by atoms with Crippen LogP contribution in [0.25, 0.3) is 11.4 Å². The van der Waals surface area contributed by atoms with Crippen molar-refractivity contribution in [2.24, 2.45) is 0 Å². The first-order chi connectivity index (χ1) is 11.8. The minimum Gasteiger partial charge on any atom is -0.424 e. The van der Waals surface area contributed by atoms with E-state index in [9.17, 15) is 0 Å². The highest BCUT2D eigenvalue weighted by molar-refractivity contribution is 5.53. The molecule has 0 spiro atoms. The van der Waals surface area contributed by atoms with E-state index >= 15 is 0 Å². The minimum absolute atomic E-state index is 0.243. The van der Waals surface area contributed by atoms with Crippen molar-refractivity contribution in [3.8, 4) is 11.4 Å². The molecule has 1 fully saturated rings. The van der Waals surface area contributed by atoms with Crippen LogP contribution in [-0.2, 0) is 6.54 Å². The van der Waals surface area contributed by atoms with Crippen LogP contribution in [0.15, 0.2) is 39.3 Å². The second-order valence-corrected chi connectivity index (χ2v) is 6.11. The number of hydrogen-bond donors (Lipinski definition) is 0. The van der Waals surface area contributed by atoms with Crippen molar-refractivity contribution < 1.29 is 8.94 Å². The van der Waals surface area contributed by atoms with Gasteiger partial charge in [-0.2, -0.15) is 4.98 Å². The van der Waals surface area contributed by atoms with Crippen molar-refractivity contribution in [1.29, 1.82) is 0 Å². The fourth-order valence-electron chi connectivity index (χ4n) is 3.10. The maximum Gasteiger partial charge on any atom is 0.231 e. The Bertz CT molecular complexity index is 798. The zero-order valence-electron chi connectivity index (χ0n) is 13.6. The SMILES string of the molecule is Cc1nnc(CN2CCC[C@H](c3nc(-c4ccccc4)no3)C2)o1. The van der Waals surface area contributed by atoms with Gasteiger partial charge in [0.1, 0.15) is 0 Å². The van der Waals surface area contributed by atoms with Crippen molar-refractivity contribution in [3.63, 3.8) is 0 Å². The smallest absolute Gasteiger partial charge is 0.231 e. The van der Waals surface area contributed by atoms with Crippen molar-refractivity contribution in [2.75, 3.05) is 13.1 Å². The maximum absolute atomic E-state index is 5.52. The van der Waals surface area contributed by atoms with Crippen LogP contribution in [0.4, 0.5) is 0 Å². The quantitative estimate of drug-likeness (QED) is 0.729. The number of aromatic nitrogens is 4. The van der Waals surface area contributed by atoms with Gasteiger partial charge in [0.05, 0.1) is 12.5 Å². The standard InChI is InChI=1S/C17H19N5O2/c1-12-19-20-15(23-12)11-22-9-5-8-14(10-22)17-18-16(21-24-17)13-6-3-2-4-7-13/h2-4,6-7,14H,5,8-11H2,1H3/t14-/m0/s1. The second kappa shape index (κ2) is 6.52. The first kappa shape index (κ1) is 15.0. The fourth-order valence-corrected chi connectivity index (χ4v) is 3.10. The Kier molecular flexibility index (Phi) is 4.08. The van der Waals surface area contributed by atoms with Crippen molar-refractivity contribution in [2.45, 2.75) is 32.2 Å². The topological polar surface area (TPSA) is 81.1 Å². The van der Waals surface area contributed by atoms with Crippen LogP contribution in [0, 0.1) is 6.92 Å². The summed E-state index contributed by atoms with van der Waals surface area (Å²) in [4.78, 5) is 6.89. The lowest BCUT2D eigenvalue weighted by atomic mass is 9.98. The number of likely N-dealkylation sites (tertiary alicyclic amines) is 1. The van der Waals surface area contributed by atoms with E-state index in [-0.39, 0.29) is 5.92 Å². The van der Waals surface area contributed by atoms with Gasteiger partial charge in [0.15, 0.2) is 0 Å². The van der Waals surface area contributed by atoms with E-state index in [1.54, 1.807) is 6.92 Å². The molecular weight excluding hydrogens is 306 g/mol. The Morgan fingerprint density at radius 1 is 1.21 bits per heavy atom. The van der Waals surface area contributed by atoms with E-state index in [4.69, 9.17) is 8.94 Å². The summed E-state index contributed by atoms with van der Waals surface area (Å²) in [5, 5.41) is 12.1. The molecule has 0 radical (unpaired) electrons. The number of aryl methyl sites for hydroxylation is 1. The predicted octanol–water partition coefficient (Wildman–Crippen LogP) is 2.81. The summed E-state index contributed by atoms with van der Waals surface area (Å²) < 4.78 is 11.0. The molecule has 1 aliphatic heterocycles. The van der Waals surface area contributed by atoms with Gasteiger partial charge in [0, 0.05) is 19.0 Å². The molecule has 1 saturated heterocycles. The second-order valence-electron chi connectivity index (χ2n) is 6.11. The fraction of sp³-hybridized carbons (Fsp3) is 0.412. The Balaban J connectivity index is 1.45. The third kappa shape index (κ3) is 3.21. The molecule has 3 aromatic rings. The maximum atomic E-state index is 5.52. The van der Waals surface area contributed by atoms with Crippen LogP contribution in [0.2, 0.25) is 0 Å². The number of hydrogen-bond acceptors (Lipinski definition) is 7. The van der Waals surface area contributed by atoms with Gasteiger partial charge < -0.3 is 8.94 Å². The highest BCUT2D eigenvalue weighted by atomic mass is 16.5. The molecule has 4 rings (SSSR count). The van der Waals surface area contributed by atoms with Crippen LogP contribution in [0.3, 0.4) is 0 Å². The largest absolute Gasteiger partial charge is 0.424 e. The first-order valence-corrected chi connectivity index (χ1v) is 8.18. The number of rotatable bonds is 4. The highest BCUT2D eigenvalue weighted by Gasteiger charge is 2.27. The van der Waals surface area contributed by atoms with Gasteiger partial charge in [-0.15, -0.1) is 10.2 Å². The molecule has 7 heteroatoms. The minimum atomic E-state index is 0.243. The number of piperidine rings is 1. The van der Waals surface area contributed by atoms with Crippen LogP contribution in [0.1, 0.15) is 36.4 Å². The molecule has 0 amide bonds. The Hall–Kier alpha value is -2.54. The van der Waals surface area contributed by atoms with E-state index in [1.807, 2.05) is 30.3 Å². The van der Waals surface area contributed by atoms with Crippen LogP contribution < -0.4 is 0 Å². The van der Waals surface area contributed by atoms with Crippen molar-refractivity contribution in [3.05, 3.63) is 48.0 Å². The lowest BCUT2D eigenvalue weighted by Gasteiger charge is -2.29. The normalized spacial score (nSPS) is 18.8. The lowest BCUT2D eigenvalue weighted by Crippen LogP contribution is -2.34. The van der Waals surface area contributed by atoms with Crippen molar-refractivity contribution >= 4 is 0 Å². The zero-order chi connectivity index (χ0) is 16.4. The molecule has 1 aliphatic rings. The molecule has 1 aromatic carbocycles. The first-order valence-electron chi connectivity index (χ1n) is 8.18. The molecule has 124 valence electrons. The lowest BCUT2D eigenvalue weighted by molar-refractivity contribution is 0.166. The Labute approximate surface area is 139 Å². The molecule has 2 aromatic heterocycles. The van der Waals surface area contributed by atoms with E-state index in [2.05, 4.69) is 25.2 Å². The molecule has 24 heavy (non-hydrogen) atoms. The summed E-state index contributed by atoms with van der Waals surface area (Å²) in [7, 11) is 0. The van der Waals surface area contributed by atoms with Gasteiger partial charge in [0.2, 0.25) is 23.5 Å². The van der Waals surface area contributed by atoms with E-state index in [0.717, 1.165) is 31.5 Å². The molecule has 1 atom stereocenters. The van der Waals surface area contributed by atoms with Gasteiger partial charge in [-0.05, 0) is 19.4 Å². The molecular formula is C17H19N5O2. The van der Waals surface area contributed by atoms with Crippen LogP contribution >= 0.6 is 0 Å². The van der Waals surface area contributed by atoms with Gasteiger partial charge in [-0.25, -0.2) is 0 Å². The summed E-state index contributed by atoms with van der Waals surface area (Å²) in [5.74, 6) is 2.86. The van der Waals surface area contributed by atoms with Crippen molar-refractivity contribution in [1.82, 2.24) is 25.2 Å². The molecule has 0 N–H and O–H groups in total. The van der Waals surface area contributed by atoms with Crippen LogP contribution in [-0.4, -0.2) is 38.3 Å². The third-order valence-corrected chi connectivity index (χ3v) is 4.26. The highest BCUT2D eigenvalue weighted by Crippen LogP contribution is 2.28. The molecule has 0 bridgehead atoms. The number of benzene rings is 1. The summed E-state index contributed by atoms with van der Waals surface area (Å²) in [5.41, 5.74) is 0.974. The Morgan fingerprint density at radius 2 is 2.08 bits per heavy atom. The Morgan fingerprint density at radius 3 is 2.88 bits per heavy atom. The third-order valence-electron chi connectivity index (χ3n) is 4.26. The number of nitrogens with zero attached hydrogens (tertiary/aromatic N) is 5. The van der Waals surface area contributed by atoms with Gasteiger partial charge in [0.25, 0.3) is 0 Å². The summed E-state index contributed by atoms with van der Waals surface area (Å²) in [6.45, 7) is 4.34. The molecule has 0 saturated carbocycles. The molecule has 7 nitrogen and oxygen atoms in total. The zero-order valence-corrected chi connectivity index (χ0v) is 13.6. The molecule has 0 aliphatic carbocycles.